The maximum atomic E-state index is 6.03. The lowest BCUT2D eigenvalue weighted by atomic mass is 9.73. The molecule has 2 nitrogen and oxygen atoms in total. The van der Waals surface area contributed by atoms with Gasteiger partial charge in [-0.25, -0.2) is 0 Å². The first kappa shape index (κ1) is 12.4. The Labute approximate surface area is 99.7 Å². The molecule has 0 aromatic carbocycles. The van der Waals surface area contributed by atoms with Gasteiger partial charge in [-0.05, 0) is 10.8 Å². The van der Waals surface area contributed by atoms with Crippen molar-refractivity contribution in [3.63, 3.8) is 0 Å². The summed E-state index contributed by atoms with van der Waals surface area (Å²) in [5.41, 5.74) is 0.568. The van der Waals surface area contributed by atoms with Crippen molar-refractivity contribution in [3.8, 4) is 0 Å². The molecule has 2 heterocycles. The molecule has 2 unspecified atom stereocenters. The zero-order chi connectivity index (χ0) is 12.1. The highest BCUT2D eigenvalue weighted by Gasteiger charge is 2.53. The van der Waals surface area contributed by atoms with Crippen LogP contribution in [0.15, 0.2) is 0 Å². The lowest BCUT2D eigenvalue weighted by Crippen LogP contribution is -2.36. The van der Waals surface area contributed by atoms with Crippen molar-refractivity contribution in [1.29, 1.82) is 0 Å². The second-order valence-electron chi connectivity index (χ2n) is 7.54. The van der Waals surface area contributed by atoms with E-state index in [0.29, 0.717) is 24.0 Å². The van der Waals surface area contributed by atoms with Crippen molar-refractivity contribution in [1.82, 2.24) is 0 Å². The van der Waals surface area contributed by atoms with Gasteiger partial charge in [0.2, 0.25) is 0 Å². The molecule has 0 saturated carbocycles. The predicted molar refractivity (Wildman–Crippen MR) is 65.4 cm³/mol. The van der Waals surface area contributed by atoms with Crippen molar-refractivity contribution < 1.29 is 9.47 Å². The molecule has 2 fully saturated rings. The molecule has 2 saturated heterocycles. The summed E-state index contributed by atoms with van der Waals surface area (Å²) in [6, 6.07) is 0. The standard InChI is InChI=1S/C14H26O2/c1-13(2,3)9-7-15-12-10(14(4,5)6)8-16-11(9)12/h9-12H,7-8H2,1-6H3/t9?,10?,11-,12-/m1/s1. The number of rotatable bonds is 0. The van der Waals surface area contributed by atoms with Gasteiger partial charge < -0.3 is 9.47 Å². The molecule has 2 aliphatic heterocycles. The molecule has 2 rings (SSSR count). The van der Waals surface area contributed by atoms with Crippen LogP contribution in [-0.4, -0.2) is 25.4 Å². The second kappa shape index (κ2) is 3.71. The number of fused-ring (bicyclic) bond motifs is 1. The Morgan fingerprint density at radius 1 is 0.688 bits per heavy atom. The quantitative estimate of drug-likeness (QED) is 0.632. The summed E-state index contributed by atoms with van der Waals surface area (Å²) in [6.45, 7) is 15.5. The molecule has 2 heteroatoms. The molecule has 0 spiro atoms. The van der Waals surface area contributed by atoms with E-state index in [-0.39, 0.29) is 10.8 Å². The van der Waals surface area contributed by atoms with E-state index in [1.807, 2.05) is 0 Å². The fraction of sp³-hybridized carbons (Fsp3) is 1.00. The van der Waals surface area contributed by atoms with Crippen molar-refractivity contribution >= 4 is 0 Å². The van der Waals surface area contributed by atoms with E-state index in [1.54, 1.807) is 0 Å². The van der Waals surface area contributed by atoms with E-state index in [4.69, 9.17) is 9.47 Å². The van der Waals surface area contributed by atoms with Gasteiger partial charge in [-0.15, -0.1) is 0 Å². The molecule has 0 amide bonds. The molecule has 4 atom stereocenters. The van der Waals surface area contributed by atoms with Crippen LogP contribution < -0.4 is 0 Å². The van der Waals surface area contributed by atoms with Gasteiger partial charge in [0.25, 0.3) is 0 Å². The molecular weight excluding hydrogens is 200 g/mol. The molecule has 0 N–H and O–H groups in total. The summed E-state index contributed by atoms with van der Waals surface area (Å²) in [5.74, 6) is 1.09. The Balaban J connectivity index is 2.13. The van der Waals surface area contributed by atoms with E-state index in [0.717, 1.165) is 13.2 Å². The van der Waals surface area contributed by atoms with Gasteiger partial charge in [0.1, 0.15) is 0 Å². The highest BCUT2D eigenvalue weighted by molar-refractivity contribution is 5.00. The first-order chi connectivity index (χ1) is 7.21. The summed E-state index contributed by atoms with van der Waals surface area (Å²) < 4.78 is 12.1. The fourth-order valence-corrected chi connectivity index (χ4v) is 2.98. The van der Waals surface area contributed by atoms with Crippen molar-refractivity contribution in [2.75, 3.05) is 13.2 Å². The van der Waals surface area contributed by atoms with Crippen LogP contribution in [0.4, 0.5) is 0 Å². The van der Waals surface area contributed by atoms with E-state index in [1.165, 1.54) is 0 Å². The maximum Gasteiger partial charge on any atom is 0.0895 e. The molecule has 0 aliphatic carbocycles. The molecule has 0 aromatic rings. The third kappa shape index (κ3) is 2.02. The van der Waals surface area contributed by atoms with Crippen molar-refractivity contribution in [2.24, 2.45) is 22.7 Å². The average Bonchev–Trinajstić information content (AvgIpc) is 2.54. The third-order valence-corrected chi connectivity index (χ3v) is 4.28. The summed E-state index contributed by atoms with van der Waals surface area (Å²) in [6.07, 6.45) is 0.647. The van der Waals surface area contributed by atoms with Gasteiger partial charge >= 0.3 is 0 Å². The van der Waals surface area contributed by atoms with Crippen LogP contribution in [0.3, 0.4) is 0 Å². The lowest BCUT2D eigenvalue weighted by molar-refractivity contribution is 0.0228. The van der Waals surface area contributed by atoms with E-state index in [2.05, 4.69) is 41.5 Å². The van der Waals surface area contributed by atoms with Gasteiger partial charge in [-0.3, -0.25) is 0 Å². The first-order valence-electron chi connectivity index (χ1n) is 6.44. The molecule has 0 bridgehead atoms. The summed E-state index contributed by atoms with van der Waals surface area (Å²) >= 11 is 0. The van der Waals surface area contributed by atoms with E-state index in [9.17, 15) is 0 Å². The SMILES string of the molecule is CC(C)(C)C1CO[C@@H]2C(C(C)(C)C)CO[C@H]12. The summed E-state index contributed by atoms with van der Waals surface area (Å²) in [5, 5.41) is 0. The Hall–Kier alpha value is -0.0800. The highest BCUT2D eigenvalue weighted by atomic mass is 16.6. The molecule has 16 heavy (non-hydrogen) atoms. The minimum Gasteiger partial charge on any atom is -0.375 e. The topological polar surface area (TPSA) is 18.5 Å². The van der Waals surface area contributed by atoms with Crippen LogP contribution in [0.2, 0.25) is 0 Å². The molecule has 94 valence electrons. The molecule has 0 aromatic heterocycles. The smallest absolute Gasteiger partial charge is 0.0895 e. The monoisotopic (exact) mass is 226 g/mol. The zero-order valence-electron chi connectivity index (χ0n) is 11.5. The van der Waals surface area contributed by atoms with Gasteiger partial charge in [-0.2, -0.15) is 0 Å². The normalized spacial score (nSPS) is 40.1. The van der Waals surface area contributed by atoms with Crippen molar-refractivity contribution in [3.05, 3.63) is 0 Å². The molecular formula is C14H26O2. The Morgan fingerprint density at radius 2 is 1.00 bits per heavy atom. The van der Waals surface area contributed by atoms with Gasteiger partial charge in [0.05, 0.1) is 25.4 Å². The van der Waals surface area contributed by atoms with E-state index >= 15 is 0 Å². The van der Waals surface area contributed by atoms with E-state index < -0.39 is 0 Å². The first-order valence-corrected chi connectivity index (χ1v) is 6.44. The second-order valence-corrected chi connectivity index (χ2v) is 7.54. The number of ether oxygens (including phenoxy) is 2. The Morgan fingerprint density at radius 3 is 1.25 bits per heavy atom. The van der Waals surface area contributed by atoms with Crippen LogP contribution in [0, 0.1) is 22.7 Å². The van der Waals surface area contributed by atoms with Crippen LogP contribution in [-0.2, 0) is 9.47 Å². The summed E-state index contributed by atoms with van der Waals surface area (Å²) in [7, 11) is 0. The van der Waals surface area contributed by atoms with Crippen molar-refractivity contribution in [2.45, 2.75) is 53.8 Å². The third-order valence-electron chi connectivity index (χ3n) is 4.28. The van der Waals surface area contributed by atoms with Gasteiger partial charge in [0.15, 0.2) is 0 Å². The van der Waals surface area contributed by atoms with Crippen LogP contribution in [0.25, 0.3) is 0 Å². The minimum absolute atomic E-state index is 0.284. The van der Waals surface area contributed by atoms with Crippen LogP contribution >= 0.6 is 0 Å². The van der Waals surface area contributed by atoms with Gasteiger partial charge in [0, 0.05) is 11.8 Å². The minimum atomic E-state index is 0.284. The predicted octanol–water partition coefficient (Wildman–Crippen LogP) is 3.11. The number of hydrogen-bond donors (Lipinski definition) is 0. The lowest BCUT2D eigenvalue weighted by Gasteiger charge is -2.30. The highest BCUT2D eigenvalue weighted by Crippen LogP contribution is 2.47. The van der Waals surface area contributed by atoms with Gasteiger partial charge in [-0.1, -0.05) is 41.5 Å². The number of hydrogen-bond acceptors (Lipinski definition) is 2. The van der Waals surface area contributed by atoms with Crippen LogP contribution in [0.5, 0.6) is 0 Å². The fourth-order valence-electron chi connectivity index (χ4n) is 2.98. The Bertz CT molecular complexity index is 231. The Kier molecular flexibility index (Phi) is 2.87. The van der Waals surface area contributed by atoms with Crippen LogP contribution in [0.1, 0.15) is 41.5 Å². The molecule has 0 radical (unpaired) electrons. The maximum absolute atomic E-state index is 6.03. The summed E-state index contributed by atoms with van der Waals surface area (Å²) in [4.78, 5) is 0. The largest absolute Gasteiger partial charge is 0.375 e. The average molecular weight is 226 g/mol. The zero-order valence-corrected chi connectivity index (χ0v) is 11.5. The molecule has 2 aliphatic rings.